The molecule has 1 aliphatic heterocycles. The van der Waals surface area contributed by atoms with E-state index in [9.17, 15) is 9.18 Å². The molecule has 154 valence electrons. The van der Waals surface area contributed by atoms with E-state index < -0.39 is 5.97 Å². The van der Waals surface area contributed by atoms with Crippen molar-refractivity contribution in [1.82, 2.24) is 5.32 Å². The molecule has 1 atom stereocenters. The lowest BCUT2D eigenvalue weighted by molar-refractivity contribution is -0.137. The van der Waals surface area contributed by atoms with Gasteiger partial charge in [-0.2, -0.15) is 0 Å². The predicted octanol–water partition coefficient (Wildman–Crippen LogP) is 3.87. The van der Waals surface area contributed by atoms with E-state index in [1.165, 1.54) is 6.07 Å². The third-order valence-corrected chi connectivity index (χ3v) is 5.78. The SMILES string of the molecule is CCc1cccc(F)c1COc1ccc2c(c1)OCC(NC1(CC(=O)O)CC1)C2. The fourth-order valence-electron chi connectivity index (χ4n) is 4.03. The van der Waals surface area contributed by atoms with Crippen LogP contribution in [0.2, 0.25) is 0 Å². The Morgan fingerprint density at radius 2 is 2.17 bits per heavy atom. The number of ether oxygens (including phenoxy) is 2. The standard InChI is InChI=1S/C23H26FNO4/c1-2-15-4-3-5-20(24)19(15)14-28-18-7-6-16-10-17(13-29-21(16)11-18)25-23(8-9-23)12-22(26)27/h3-7,11,17,25H,2,8-10,12-14H2,1H3,(H,26,27). The first-order chi connectivity index (χ1) is 14.0. The first kappa shape index (κ1) is 19.7. The average molecular weight is 399 g/mol. The second kappa shape index (κ2) is 8.03. The Kier molecular flexibility index (Phi) is 5.46. The molecule has 1 unspecified atom stereocenters. The quantitative estimate of drug-likeness (QED) is 0.705. The van der Waals surface area contributed by atoms with Crippen molar-refractivity contribution in [2.75, 3.05) is 6.61 Å². The normalized spacial score (nSPS) is 19.2. The monoisotopic (exact) mass is 399 g/mol. The van der Waals surface area contributed by atoms with Crippen LogP contribution in [0.1, 0.15) is 42.9 Å². The van der Waals surface area contributed by atoms with Gasteiger partial charge in [-0.3, -0.25) is 4.79 Å². The van der Waals surface area contributed by atoms with Crippen molar-refractivity contribution >= 4 is 5.97 Å². The van der Waals surface area contributed by atoms with Gasteiger partial charge in [0.15, 0.2) is 0 Å². The van der Waals surface area contributed by atoms with E-state index >= 15 is 0 Å². The van der Waals surface area contributed by atoms with Crippen LogP contribution in [-0.4, -0.2) is 29.3 Å². The van der Waals surface area contributed by atoms with Crippen LogP contribution >= 0.6 is 0 Å². The molecule has 1 saturated carbocycles. The van der Waals surface area contributed by atoms with Crippen LogP contribution < -0.4 is 14.8 Å². The lowest BCUT2D eigenvalue weighted by atomic mass is 10.0. The molecule has 0 aromatic heterocycles. The molecule has 2 aliphatic rings. The Hall–Kier alpha value is -2.60. The zero-order chi connectivity index (χ0) is 20.4. The number of rotatable bonds is 8. The minimum atomic E-state index is -0.769. The summed E-state index contributed by atoms with van der Waals surface area (Å²) in [5, 5.41) is 12.6. The Labute approximate surface area is 169 Å². The van der Waals surface area contributed by atoms with Gasteiger partial charge in [-0.1, -0.05) is 25.1 Å². The van der Waals surface area contributed by atoms with Crippen molar-refractivity contribution in [2.24, 2.45) is 0 Å². The third kappa shape index (κ3) is 4.53. The maximum atomic E-state index is 14.1. The fourth-order valence-corrected chi connectivity index (χ4v) is 4.03. The second-order valence-corrected chi connectivity index (χ2v) is 8.00. The molecule has 1 fully saturated rings. The predicted molar refractivity (Wildman–Crippen MR) is 107 cm³/mol. The van der Waals surface area contributed by atoms with Crippen molar-refractivity contribution < 1.29 is 23.8 Å². The Morgan fingerprint density at radius 3 is 2.90 bits per heavy atom. The van der Waals surface area contributed by atoms with E-state index in [1.54, 1.807) is 6.07 Å². The molecule has 0 bridgehead atoms. The van der Waals surface area contributed by atoms with E-state index in [2.05, 4.69) is 5.32 Å². The average Bonchev–Trinajstić information content (AvgIpc) is 3.44. The molecule has 0 saturated heterocycles. The van der Waals surface area contributed by atoms with Crippen molar-refractivity contribution in [1.29, 1.82) is 0 Å². The number of aryl methyl sites for hydroxylation is 1. The lowest BCUT2D eigenvalue weighted by Crippen LogP contribution is -2.47. The van der Waals surface area contributed by atoms with Gasteiger partial charge in [0.25, 0.3) is 0 Å². The van der Waals surface area contributed by atoms with E-state index in [4.69, 9.17) is 14.6 Å². The lowest BCUT2D eigenvalue weighted by Gasteiger charge is -2.30. The Balaban J connectivity index is 1.39. The van der Waals surface area contributed by atoms with Crippen molar-refractivity contribution in [3.63, 3.8) is 0 Å². The molecule has 0 spiro atoms. The topological polar surface area (TPSA) is 67.8 Å². The molecular formula is C23H26FNO4. The smallest absolute Gasteiger partial charge is 0.305 e. The van der Waals surface area contributed by atoms with E-state index in [0.717, 1.165) is 42.6 Å². The summed E-state index contributed by atoms with van der Waals surface area (Å²) in [5.74, 6) is 0.399. The van der Waals surface area contributed by atoms with Crippen molar-refractivity contribution in [2.45, 2.75) is 57.2 Å². The number of hydrogen-bond acceptors (Lipinski definition) is 4. The summed E-state index contributed by atoms with van der Waals surface area (Å²) in [6.45, 7) is 2.67. The minimum Gasteiger partial charge on any atom is -0.492 e. The van der Waals surface area contributed by atoms with Crippen LogP contribution in [0.3, 0.4) is 0 Å². The van der Waals surface area contributed by atoms with Crippen LogP contribution in [0.4, 0.5) is 4.39 Å². The Bertz CT molecular complexity index is 910. The summed E-state index contributed by atoms with van der Waals surface area (Å²) in [6.07, 6.45) is 3.47. The molecule has 6 heteroatoms. The number of hydrogen-bond donors (Lipinski definition) is 2. The molecule has 5 nitrogen and oxygen atoms in total. The van der Waals surface area contributed by atoms with Gasteiger partial charge in [-0.15, -0.1) is 0 Å². The third-order valence-electron chi connectivity index (χ3n) is 5.78. The molecule has 1 heterocycles. The molecule has 0 radical (unpaired) electrons. The number of halogens is 1. The first-order valence-electron chi connectivity index (χ1n) is 10.1. The van der Waals surface area contributed by atoms with E-state index in [-0.39, 0.29) is 30.4 Å². The Morgan fingerprint density at radius 1 is 1.34 bits per heavy atom. The fraction of sp³-hybridized carbons (Fsp3) is 0.435. The van der Waals surface area contributed by atoms with Crippen LogP contribution in [0, 0.1) is 5.82 Å². The van der Waals surface area contributed by atoms with Gasteiger partial charge in [-0.25, -0.2) is 4.39 Å². The summed E-state index contributed by atoms with van der Waals surface area (Å²) >= 11 is 0. The summed E-state index contributed by atoms with van der Waals surface area (Å²) in [4.78, 5) is 11.0. The number of fused-ring (bicyclic) bond motifs is 1. The number of carboxylic acid groups (broad SMARTS) is 1. The highest BCUT2D eigenvalue weighted by Gasteiger charge is 2.46. The summed E-state index contributed by atoms with van der Waals surface area (Å²) < 4.78 is 25.9. The molecule has 2 aromatic carbocycles. The van der Waals surface area contributed by atoms with Gasteiger partial charge in [0.2, 0.25) is 0 Å². The van der Waals surface area contributed by atoms with Crippen LogP contribution in [0.25, 0.3) is 0 Å². The molecular weight excluding hydrogens is 373 g/mol. The van der Waals surface area contributed by atoms with Crippen molar-refractivity contribution in [3.05, 3.63) is 58.9 Å². The van der Waals surface area contributed by atoms with E-state index in [1.807, 2.05) is 31.2 Å². The van der Waals surface area contributed by atoms with Crippen LogP contribution in [0.5, 0.6) is 11.5 Å². The summed E-state index contributed by atoms with van der Waals surface area (Å²) in [7, 11) is 0. The molecule has 2 aromatic rings. The van der Waals surface area contributed by atoms with Gasteiger partial charge in [0, 0.05) is 23.2 Å². The summed E-state index contributed by atoms with van der Waals surface area (Å²) in [6, 6.07) is 10.9. The highest BCUT2D eigenvalue weighted by atomic mass is 19.1. The number of benzene rings is 2. The number of aliphatic carboxylic acids is 1. The minimum absolute atomic E-state index is 0.0987. The molecule has 2 N–H and O–H groups in total. The highest BCUT2D eigenvalue weighted by Crippen LogP contribution is 2.40. The second-order valence-electron chi connectivity index (χ2n) is 8.00. The number of nitrogens with one attached hydrogen (secondary N) is 1. The number of carbonyl (C=O) groups is 1. The zero-order valence-electron chi connectivity index (χ0n) is 16.5. The molecule has 29 heavy (non-hydrogen) atoms. The van der Waals surface area contributed by atoms with E-state index in [0.29, 0.717) is 17.9 Å². The van der Waals surface area contributed by atoms with Gasteiger partial charge in [0.05, 0.1) is 6.42 Å². The molecule has 0 amide bonds. The summed E-state index contributed by atoms with van der Waals surface area (Å²) in [5.41, 5.74) is 2.33. The maximum absolute atomic E-state index is 14.1. The van der Waals surface area contributed by atoms with Crippen LogP contribution in [-0.2, 0) is 24.2 Å². The first-order valence-corrected chi connectivity index (χ1v) is 10.1. The number of carboxylic acids is 1. The van der Waals surface area contributed by atoms with Gasteiger partial charge < -0.3 is 19.9 Å². The van der Waals surface area contributed by atoms with Gasteiger partial charge >= 0.3 is 5.97 Å². The zero-order valence-corrected chi connectivity index (χ0v) is 16.5. The van der Waals surface area contributed by atoms with Crippen molar-refractivity contribution in [3.8, 4) is 11.5 Å². The largest absolute Gasteiger partial charge is 0.492 e. The van der Waals surface area contributed by atoms with Gasteiger partial charge in [-0.05, 0) is 48.9 Å². The highest BCUT2D eigenvalue weighted by molar-refractivity contribution is 5.69. The van der Waals surface area contributed by atoms with Crippen LogP contribution in [0.15, 0.2) is 36.4 Å². The molecule has 4 rings (SSSR count). The van der Waals surface area contributed by atoms with Gasteiger partial charge in [0.1, 0.15) is 30.5 Å². The maximum Gasteiger partial charge on any atom is 0.305 e. The molecule has 1 aliphatic carbocycles.